The van der Waals surface area contributed by atoms with Crippen LogP contribution in [0.15, 0.2) is 28.2 Å². The highest BCUT2D eigenvalue weighted by Crippen LogP contribution is 2.33. The molecule has 166 valence electrons. The van der Waals surface area contributed by atoms with Crippen molar-refractivity contribution in [2.75, 3.05) is 32.8 Å². The number of thioether (sulfide) groups is 1. The summed E-state index contributed by atoms with van der Waals surface area (Å²) in [6, 6.07) is 5.50. The van der Waals surface area contributed by atoms with Gasteiger partial charge in [-0.05, 0) is 43.5 Å². The van der Waals surface area contributed by atoms with Gasteiger partial charge in [0.15, 0.2) is 5.16 Å². The number of thiophene rings is 1. The standard InChI is InChI=1S/C22H25Cl2N3O2S2/c1-14-15(2)31-20-19(14)21(28)27(8-4-7-26-9-11-29-12-10-26)22(25-20)30-13-16-17(23)5-3-6-18(16)24/h3,5-6H,4,7-13H2,1-2H3. The number of benzene rings is 1. The fourth-order valence-electron chi connectivity index (χ4n) is 3.70. The minimum absolute atomic E-state index is 0.0431. The zero-order chi connectivity index (χ0) is 22.0. The van der Waals surface area contributed by atoms with Crippen LogP contribution in [0.4, 0.5) is 0 Å². The zero-order valence-corrected chi connectivity index (χ0v) is 20.8. The second kappa shape index (κ2) is 10.2. The second-order valence-electron chi connectivity index (χ2n) is 7.61. The fraction of sp³-hybridized carbons (Fsp3) is 0.455. The molecule has 0 bridgehead atoms. The molecule has 0 N–H and O–H groups in total. The summed E-state index contributed by atoms with van der Waals surface area (Å²) in [6.07, 6.45) is 0.885. The number of rotatable bonds is 7. The molecule has 1 saturated heterocycles. The van der Waals surface area contributed by atoms with E-state index in [-0.39, 0.29) is 5.56 Å². The van der Waals surface area contributed by atoms with Crippen molar-refractivity contribution in [3.8, 4) is 0 Å². The van der Waals surface area contributed by atoms with Crippen LogP contribution in [0.1, 0.15) is 22.4 Å². The smallest absolute Gasteiger partial charge is 0.263 e. The van der Waals surface area contributed by atoms with E-state index in [1.807, 2.05) is 36.6 Å². The third-order valence-electron chi connectivity index (χ3n) is 5.62. The Morgan fingerprint density at radius 1 is 1.16 bits per heavy atom. The van der Waals surface area contributed by atoms with Crippen LogP contribution in [0.3, 0.4) is 0 Å². The van der Waals surface area contributed by atoms with Gasteiger partial charge in [-0.3, -0.25) is 14.3 Å². The van der Waals surface area contributed by atoms with Crippen molar-refractivity contribution in [2.45, 2.75) is 37.7 Å². The first kappa shape index (κ1) is 23.1. The molecule has 5 nitrogen and oxygen atoms in total. The molecule has 9 heteroatoms. The number of halogens is 2. The maximum absolute atomic E-state index is 13.4. The van der Waals surface area contributed by atoms with Crippen molar-refractivity contribution in [3.63, 3.8) is 0 Å². The first-order valence-electron chi connectivity index (χ1n) is 10.3. The van der Waals surface area contributed by atoms with Crippen LogP contribution in [0.25, 0.3) is 10.2 Å². The van der Waals surface area contributed by atoms with E-state index >= 15 is 0 Å². The average molecular weight is 499 g/mol. The molecule has 4 rings (SSSR count). The van der Waals surface area contributed by atoms with Crippen molar-refractivity contribution in [1.82, 2.24) is 14.5 Å². The molecule has 0 spiro atoms. The van der Waals surface area contributed by atoms with Crippen LogP contribution in [-0.2, 0) is 17.0 Å². The number of morpholine rings is 1. The van der Waals surface area contributed by atoms with Crippen LogP contribution >= 0.6 is 46.3 Å². The molecule has 0 saturated carbocycles. The highest BCUT2D eigenvalue weighted by Gasteiger charge is 2.18. The molecular formula is C22H25Cl2N3O2S2. The minimum Gasteiger partial charge on any atom is -0.379 e. The third kappa shape index (κ3) is 5.13. The van der Waals surface area contributed by atoms with Crippen LogP contribution in [0.5, 0.6) is 0 Å². The largest absolute Gasteiger partial charge is 0.379 e. The van der Waals surface area contributed by atoms with Crippen molar-refractivity contribution < 1.29 is 4.74 Å². The van der Waals surface area contributed by atoms with Crippen molar-refractivity contribution in [2.24, 2.45) is 0 Å². The Balaban J connectivity index is 1.62. The van der Waals surface area contributed by atoms with Gasteiger partial charge in [-0.2, -0.15) is 0 Å². The maximum atomic E-state index is 13.4. The Morgan fingerprint density at radius 2 is 1.87 bits per heavy atom. The summed E-state index contributed by atoms with van der Waals surface area (Å²) in [5.41, 5.74) is 1.94. The number of nitrogens with zero attached hydrogens (tertiary/aromatic N) is 3. The predicted molar refractivity (Wildman–Crippen MR) is 131 cm³/mol. The number of hydrogen-bond acceptors (Lipinski definition) is 6. The molecule has 1 aromatic carbocycles. The highest BCUT2D eigenvalue weighted by atomic mass is 35.5. The van der Waals surface area contributed by atoms with E-state index in [1.165, 1.54) is 11.8 Å². The number of aryl methyl sites for hydroxylation is 2. The van der Waals surface area contributed by atoms with Gasteiger partial charge in [0.05, 0.1) is 18.6 Å². The van der Waals surface area contributed by atoms with Crippen LogP contribution in [0.2, 0.25) is 10.0 Å². The molecule has 0 aliphatic carbocycles. The molecule has 0 radical (unpaired) electrons. The fourth-order valence-corrected chi connectivity index (χ4v) is 6.54. The normalized spacial score (nSPS) is 15.1. The lowest BCUT2D eigenvalue weighted by Gasteiger charge is -2.26. The molecule has 0 amide bonds. The highest BCUT2D eigenvalue weighted by molar-refractivity contribution is 7.98. The van der Waals surface area contributed by atoms with Gasteiger partial charge in [0.1, 0.15) is 4.83 Å². The van der Waals surface area contributed by atoms with E-state index in [9.17, 15) is 4.79 Å². The molecule has 1 aliphatic rings. The number of ether oxygens (including phenoxy) is 1. The van der Waals surface area contributed by atoms with E-state index in [1.54, 1.807) is 11.3 Å². The van der Waals surface area contributed by atoms with Gasteiger partial charge in [-0.25, -0.2) is 4.98 Å². The Labute approximate surface area is 200 Å². The molecule has 31 heavy (non-hydrogen) atoms. The third-order valence-corrected chi connectivity index (χ3v) is 8.43. The topological polar surface area (TPSA) is 47.4 Å². The second-order valence-corrected chi connectivity index (χ2v) is 10.6. The summed E-state index contributed by atoms with van der Waals surface area (Å²) in [5, 5.41) is 2.72. The lowest BCUT2D eigenvalue weighted by atomic mass is 10.2. The molecule has 1 aliphatic heterocycles. The van der Waals surface area contributed by atoms with Gasteiger partial charge in [0.25, 0.3) is 5.56 Å². The lowest BCUT2D eigenvalue weighted by Crippen LogP contribution is -2.37. The van der Waals surface area contributed by atoms with Gasteiger partial charge in [-0.15, -0.1) is 11.3 Å². The lowest BCUT2D eigenvalue weighted by molar-refractivity contribution is 0.0368. The summed E-state index contributed by atoms with van der Waals surface area (Å²) in [4.78, 5) is 22.6. The summed E-state index contributed by atoms with van der Waals surface area (Å²) in [5.74, 6) is 0.559. The van der Waals surface area contributed by atoms with E-state index < -0.39 is 0 Å². The SMILES string of the molecule is Cc1sc2nc(SCc3c(Cl)cccc3Cl)n(CCCN3CCOCC3)c(=O)c2c1C. The first-order chi connectivity index (χ1) is 15.0. The molecule has 0 unspecified atom stereocenters. The van der Waals surface area contributed by atoms with Gasteiger partial charge in [-0.1, -0.05) is 41.0 Å². The molecule has 3 heterocycles. The summed E-state index contributed by atoms with van der Waals surface area (Å²) >= 11 is 15.8. The van der Waals surface area contributed by atoms with Gasteiger partial charge in [0, 0.05) is 46.9 Å². The van der Waals surface area contributed by atoms with Crippen molar-refractivity contribution in [3.05, 3.63) is 54.6 Å². The monoisotopic (exact) mass is 497 g/mol. The Morgan fingerprint density at radius 3 is 2.58 bits per heavy atom. The number of aromatic nitrogens is 2. The maximum Gasteiger partial charge on any atom is 0.263 e. The number of hydrogen-bond donors (Lipinski definition) is 0. The molecule has 0 atom stereocenters. The van der Waals surface area contributed by atoms with Crippen LogP contribution in [-0.4, -0.2) is 47.3 Å². The van der Waals surface area contributed by atoms with E-state index in [0.717, 1.165) is 70.6 Å². The Kier molecular flexibility index (Phi) is 7.62. The number of fused-ring (bicyclic) bond motifs is 1. The summed E-state index contributed by atoms with van der Waals surface area (Å²) < 4.78 is 7.26. The Hall–Kier alpha value is -1.09. The van der Waals surface area contributed by atoms with E-state index in [0.29, 0.717) is 22.3 Å². The zero-order valence-electron chi connectivity index (χ0n) is 17.6. The summed E-state index contributed by atoms with van der Waals surface area (Å²) in [7, 11) is 0. The molecule has 2 aromatic heterocycles. The van der Waals surface area contributed by atoms with Gasteiger partial charge < -0.3 is 4.74 Å². The molecule has 3 aromatic rings. The molecular weight excluding hydrogens is 473 g/mol. The van der Waals surface area contributed by atoms with Gasteiger partial charge >= 0.3 is 0 Å². The van der Waals surface area contributed by atoms with E-state index in [2.05, 4.69) is 4.90 Å². The molecule has 1 fully saturated rings. The van der Waals surface area contributed by atoms with Crippen molar-refractivity contribution in [1.29, 1.82) is 0 Å². The van der Waals surface area contributed by atoms with Crippen LogP contribution in [0, 0.1) is 13.8 Å². The average Bonchev–Trinajstić information content (AvgIpc) is 3.04. The first-order valence-corrected chi connectivity index (χ1v) is 12.9. The van der Waals surface area contributed by atoms with Gasteiger partial charge in [0.2, 0.25) is 0 Å². The van der Waals surface area contributed by atoms with E-state index in [4.69, 9.17) is 32.9 Å². The predicted octanol–water partition coefficient (Wildman–Crippen LogP) is 5.40. The summed E-state index contributed by atoms with van der Waals surface area (Å²) in [6.45, 7) is 9.07. The Bertz CT molecular complexity index is 1120. The van der Waals surface area contributed by atoms with Crippen molar-refractivity contribution >= 4 is 56.5 Å². The van der Waals surface area contributed by atoms with Crippen LogP contribution < -0.4 is 5.56 Å². The minimum atomic E-state index is 0.0431. The quantitative estimate of drug-likeness (QED) is 0.323.